The maximum atomic E-state index is 11.8. The quantitative estimate of drug-likeness (QED) is 0.851. The van der Waals surface area contributed by atoms with Crippen molar-refractivity contribution in [3.8, 4) is 0 Å². The topological polar surface area (TPSA) is 69.6 Å². The van der Waals surface area contributed by atoms with Crippen LogP contribution in [0.25, 0.3) is 0 Å². The van der Waals surface area contributed by atoms with E-state index in [1.165, 1.54) is 0 Å². The molecule has 5 heteroatoms. The molecule has 0 spiro atoms. The van der Waals surface area contributed by atoms with Crippen LogP contribution in [0.2, 0.25) is 0 Å². The molecule has 1 amide bonds. The lowest BCUT2D eigenvalue weighted by molar-refractivity contribution is -0.136. The van der Waals surface area contributed by atoms with Crippen LogP contribution in [0, 0.1) is 13.8 Å². The number of aliphatic carboxylic acids is 1. The van der Waals surface area contributed by atoms with Gasteiger partial charge >= 0.3 is 5.97 Å². The van der Waals surface area contributed by atoms with E-state index in [0.29, 0.717) is 0 Å². The van der Waals surface area contributed by atoms with Crippen LogP contribution in [0.4, 0.5) is 11.4 Å². The molecule has 0 fully saturated rings. The molecule has 0 unspecified atom stereocenters. The number of nitrogens with one attached hydrogen (secondary N) is 1. The third-order valence-corrected chi connectivity index (χ3v) is 3.18. The van der Waals surface area contributed by atoms with Gasteiger partial charge in [0.2, 0.25) is 5.91 Å². The molecule has 1 heterocycles. The summed E-state index contributed by atoms with van der Waals surface area (Å²) in [4.78, 5) is 24.0. The van der Waals surface area contributed by atoms with E-state index in [4.69, 9.17) is 5.11 Å². The van der Waals surface area contributed by atoms with Crippen LogP contribution >= 0.6 is 0 Å². The minimum absolute atomic E-state index is 0.0435. The lowest BCUT2D eigenvalue weighted by Crippen LogP contribution is -2.41. The minimum atomic E-state index is -0.897. The smallest absolute Gasteiger partial charge is 0.305 e. The molecule has 1 aromatic carbocycles. The first-order chi connectivity index (χ1) is 8.49. The monoisotopic (exact) mass is 248 g/mol. The number of fused-ring (bicyclic) bond motifs is 1. The van der Waals surface area contributed by atoms with Crippen LogP contribution in [0.15, 0.2) is 12.1 Å². The average Bonchev–Trinajstić information content (AvgIpc) is 2.30. The van der Waals surface area contributed by atoms with Gasteiger partial charge in [-0.1, -0.05) is 0 Å². The number of carboxylic acids is 1. The fourth-order valence-corrected chi connectivity index (χ4v) is 2.02. The van der Waals surface area contributed by atoms with Crippen molar-refractivity contribution >= 4 is 23.3 Å². The van der Waals surface area contributed by atoms with Gasteiger partial charge in [-0.25, -0.2) is 0 Å². The zero-order valence-electron chi connectivity index (χ0n) is 10.5. The third-order valence-electron chi connectivity index (χ3n) is 3.18. The molecule has 5 nitrogen and oxygen atoms in total. The van der Waals surface area contributed by atoms with Crippen LogP contribution in [0.3, 0.4) is 0 Å². The highest BCUT2D eigenvalue weighted by Gasteiger charge is 2.24. The highest BCUT2D eigenvalue weighted by molar-refractivity contribution is 6.03. The Kier molecular flexibility index (Phi) is 3.23. The van der Waals surface area contributed by atoms with E-state index >= 15 is 0 Å². The Morgan fingerprint density at radius 2 is 2.06 bits per heavy atom. The van der Waals surface area contributed by atoms with E-state index in [0.717, 1.165) is 22.5 Å². The highest BCUT2D eigenvalue weighted by atomic mass is 16.4. The van der Waals surface area contributed by atoms with Gasteiger partial charge < -0.3 is 15.3 Å². The van der Waals surface area contributed by atoms with Crippen LogP contribution < -0.4 is 10.2 Å². The Balaban J connectivity index is 2.34. The number of carbonyl (C=O) groups excluding carboxylic acids is 1. The van der Waals surface area contributed by atoms with E-state index in [1.54, 1.807) is 4.90 Å². The fourth-order valence-electron chi connectivity index (χ4n) is 2.02. The number of anilines is 2. The Labute approximate surface area is 105 Å². The molecule has 0 saturated carbocycles. The predicted molar refractivity (Wildman–Crippen MR) is 69.0 cm³/mol. The Bertz CT molecular complexity index is 511. The van der Waals surface area contributed by atoms with E-state index in [-0.39, 0.29) is 25.4 Å². The third kappa shape index (κ3) is 2.30. The van der Waals surface area contributed by atoms with Crippen LogP contribution in [-0.2, 0) is 9.59 Å². The average molecular weight is 248 g/mol. The first kappa shape index (κ1) is 12.4. The van der Waals surface area contributed by atoms with Crippen molar-refractivity contribution in [2.75, 3.05) is 23.3 Å². The molecule has 1 aliphatic heterocycles. The minimum Gasteiger partial charge on any atom is -0.481 e. The summed E-state index contributed by atoms with van der Waals surface area (Å²) in [6, 6.07) is 3.92. The number of carbonyl (C=O) groups is 2. The van der Waals surface area contributed by atoms with Gasteiger partial charge in [-0.05, 0) is 37.1 Å². The summed E-state index contributed by atoms with van der Waals surface area (Å²) in [6.07, 6.45) is -0.0435. The molecule has 2 N–H and O–H groups in total. The second kappa shape index (κ2) is 4.68. The van der Waals surface area contributed by atoms with Crippen molar-refractivity contribution in [1.29, 1.82) is 0 Å². The SMILES string of the molecule is Cc1cc2c(cc1C)N(CCC(=O)O)C(=O)CN2. The van der Waals surface area contributed by atoms with Gasteiger partial charge in [-0.2, -0.15) is 0 Å². The van der Waals surface area contributed by atoms with E-state index in [1.807, 2.05) is 26.0 Å². The van der Waals surface area contributed by atoms with E-state index in [9.17, 15) is 9.59 Å². The van der Waals surface area contributed by atoms with Gasteiger partial charge in [0.1, 0.15) is 0 Å². The van der Waals surface area contributed by atoms with Crippen LogP contribution in [0.5, 0.6) is 0 Å². The van der Waals surface area contributed by atoms with Crippen molar-refractivity contribution in [3.05, 3.63) is 23.3 Å². The first-order valence-electron chi connectivity index (χ1n) is 5.86. The molecule has 18 heavy (non-hydrogen) atoms. The molecule has 1 aliphatic rings. The Morgan fingerprint density at radius 3 is 2.72 bits per heavy atom. The second-order valence-corrected chi connectivity index (χ2v) is 4.50. The Morgan fingerprint density at radius 1 is 1.39 bits per heavy atom. The van der Waals surface area contributed by atoms with Crippen LogP contribution in [-0.4, -0.2) is 30.1 Å². The van der Waals surface area contributed by atoms with Crippen molar-refractivity contribution in [2.45, 2.75) is 20.3 Å². The van der Waals surface area contributed by atoms with Crippen molar-refractivity contribution in [3.63, 3.8) is 0 Å². The standard InChI is InChI=1S/C13H16N2O3/c1-8-5-10-11(6-9(8)2)15(4-3-13(17)18)12(16)7-14-10/h5-6,14H,3-4,7H2,1-2H3,(H,17,18). The number of rotatable bonds is 3. The maximum Gasteiger partial charge on any atom is 0.305 e. The molecular weight excluding hydrogens is 232 g/mol. The summed E-state index contributed by atoms with van der Waals surface area (Å²) >= 11 is 0. The van der Waals surface area contributed by atoms with Gasteiger partial charge in [0, 0.05) is 6.54 Å². The first-order valence-corrected chi connectivity index (χ1v) is 5.86. The summed E-state index contributed by atoms with van der Waals surface area (Å²) < 4.78 is 0. The number of hydrogen-bond donors (Lipinski definition) is 2. The van der Waals surface area contributed by atoms with Gasteiger partial charge in [-0.3, -0.25) is 9.59 Å². The summed E-state index contributed by atoms with van der Waals surface area (Å²) in [5.74, 6) is -0.987. The molecule has 0 aromatic heterocycles. The number of aryl methyl sites for hydroxylation is 2. The summed E-state index contributed by atoms with van der Waals surface area (Å²) in [5.41, 5.74) is 3.90. The van der Waals surface area contributed by atoms with Gasteiger partial charge in [0.05, 0.1) is 24.3 Å². The lowest BCUT2D eigenvalue weighted by Gasteiger charge is -2.30. The number of carboxylic acid groups (broad SMARTS) is 1. The van der Waals surface area contributed by atoms with Gasteiger partial charge in [0.15, 0.2) is 0 Å². The summed E-state index contributed by atoms with van der Waals surface area (Å²) in [7, 11) is 0. The largest absolute Gasteiger partial charge is 0.481 e. The molecule has 0 radical (unpaired) electrons. The summed E-state index contributed by atoms with van der Waals surface area (Å²) in [6.45, 7) is 4.42. The Hall–Kier alpha value is -2.04. The molecule has 0 atom stereocenters. The normalized spacial score (nSPS) is 14.1. The molecule has 0 saturated heterocycles. The highest BCUT2D eigenvalue weighted by Crippen LogP contribution is 2.32. The molecular formula is C13H16N2O3. The number of benzene rings is 1. The summed E-state index contributed by atoms with van der Waals surface area (Å²) in [5, 5.41) is 11.8. The van der Waals surface area contributed by atoms with E-state index in [2.05, 4.69) is 5.32 Å². The van der Waals surface area contributed by atoms with Crippen molar-refractivity contribution in [2.24, 2.45) is 0 Å². The molecule has 96 valence electrons. The lowest BCUT2D eigenvalue weighted by atomic mass is 10.1. The van der Waals surface area contributed by atoms with E-state index < -0.39 is 5.97 Å². The molecule has 1 aromatic rings. The van der Waals surface area contributed by atoms with Crippen molar-refractivity contribution in [1.82, 2.24) is 0 Å². The van der Waals surface area contributed by atoms with Crippen LogP contribution in [0.1, 0.15) is 17.5 Å². The molecule has 0 aliphatic carbocycles. The van der Waals surface area contributed by atoms with Gasteiger partial charge in [0.25, 0.3) is 0 Å². The predicted octanol–water partition coefficient (Wildman–Crippen LogP) is 1.54. The fraction of sp³-hybridized carbons (Fsp3) is 0.385. The number of amides is 1. The maximum absolute atomic E-state index is 11.8. The zero-order chi connectivity index (χ0) is 13.3. The van der Waals surface area contributed by atoms with Crippen molar-refractivity contribution < 1.29 is 14.7 Å². The molecule has 0 bridgehead atoms. The van der Waals surface area contributed by atoms with Gasteiger partial charge in [-0.15, -0.1) is 0 Å². The molecule has 2 rings (SSSR count). The zero-order valence-corrected chi connectivity index (χ0v) is 10.5. The number of nitrogens with zero attached hydrogens (tertiary/aromatic N) is 1. The second-order valence-electron chi connectivity index (χ2n) is 4.50. The number of hydrogen-bond acceptors (Lipinski definition) is 3.